The van der Waals surface area contributed by atoms with Crippen molar-refractivity contribution in [2.45, 2.75) is 316 Å². The molecule has 0 unspecified atom stereocenters. The lowest BCUT2D eigenvalue weighted by molar-refractivity contribution is -0.166. The van der Waals surface area contributed by atoms with Crippen molar-refractivity contribution in [2.75, 3.05) is 13.2 Å². The van der Waals surface area contributed by atoms with Crippen LogP contribution in [-0.4, -0.2) is 37.2 Å². The maximum absolute atomic E-state index is 12.9. The fourth-order valence-corrected chi connectivity index (χ4v) is 8.88. The standard InChI is InChI=1S/C66H116O6/c1-4-7-10-13-16-19-22-25-28-31-33-35-38-41-44-47-50-53-56-59-65(68)71-62-63(61-70-64(67)58-55-52-49-46-43-40-37-30-27-24-21-18-15-12-9-6-3)72-66(69)60-57-54-51-48-45-42-39-36-34-32-29-26-23-20-17-14-11-8-5-2/h7,10,16,19,25,28,33,35,41,44,50,53,63H,4-6,8-9,11-15,17-18,20-24,26-27,29-32,34,36-40,42-43,45-49,51-52,54-62H2,1-3H3/b10-7-,19-16-,28-25-,35-33-,44-41-,53-50-/t63-/m1/s1. The zero-order valence-electron chi connectivity index (χ0n) is 47.7. The van der Waals surface area contributed by atoms with Crippen LogP contribution in [0.15, 0.2) is 72.9 Å². The van der Waals surface area contributed by atoms with Crippen LogP contribution in [0, 0.1) is 0 Å². The molecule has 0 spiro atoms. The van der Waals surface area contributed by atoms with Crippen LogP contribution in [0.4, 0.5) is 0 Å². The molecule has 0 bridgehead atoms. The molecule has 0 aromatic carbocycles. The van der Waals surface area contributed by atoms with Crippen molar-refractivity contribution >= 4 is 17.9 Å². The van der Waals surface area contributed by atoms with E-state index < -0.39 is 6.10 Å². The molecule has 0 radical (unpaired) electrons. The van der Waals surface area contributed by atoms with Gasteiger partial charge in [-0.2, -0.15) is 0 Å². The van der Waals surface area contributed by atoms with Gasteiger partial charge >= 0.3 is 17.9 Å². The van der Waals surface area contributed by atoms with Crippen LogP contribution in [-0.2, 0) is 28.6 Å². The number of rotatable bonds is 56. The Labute approximate surface area is 446 Å². The number of hydrogen-bond acceptors (Lipinski definition) is 6. The Kier molecular flexibility index (Phi) is 57.8. The van der Waals surface area contributed by atoms with Gasteiger partial charge in [-0.3, -0.25) is 14.4 Å². The summed E-state index contributed by atoms with van der Waals surface area (Å²) < 4.78 is 16.9. The number of carbonyl (C=O) groups excluding carboxylic acids is 3. The monoisotopic (exact) mass is 1000 g/mol. The first-order valence-corrected chi connectivity index (χ1v) is 30.9. The maximum Gasteiger partial charge on any atom is 0.306 e. The lowest BCUT2D eigenvalue weighted by Gasteiger charge is -2.18. The normalized spacial score (nSPS) is 12.5. The molecule has 0 aliphatic heterocycles. The number of allylic oxidation sites excluding steroid dienone is 12. The molecule has 0 fully saturated rings. The smallest absolute Gasteiger partial charge is 0.306 e. The van der Waals surface area contributed by atoms with E-state index in [1.807, 2.05) is 6.08 Å². The highest BCUT2D eigenvalue weighted by Gasteiger charge is 2.19. The predicted molar refractivity (Wildman–Crippen MR) is 311 cm³/mol. The average molecular weight is 1010 g/mol. The van der Waals surface area contributed by atoms with E-state index in [-0.39, 0.29) is 37.5 Å². The zero-order valence-corrected chi connectivity index (χ0v) is 47.7. The fraction of sp³-hybridized carbons (Fsp3) is 0.773. The average Bonchev–Trinajstić information content (AvgIpc) is 3.38. The van der Waals surface area contributed by atoms with Gasteiger partial charge in [0.25, 0.3) is 0 Å². The minimum Gasteiger partial charge on any atom is -0.462 e. The van der Waals surface area contributed by atoms with Crippen LogP contribution < -0.4 is 0 Å². The number of hydrogen-bond donors (Lipinski definition) is 0. The van der Waals surface area contributed by atoms with Gasteiger partial charge in [0.15, 0.2) is 6.10 Å². The van der Waals surface area contributed by atoms with Crippen molar-refractivity contribution in [2.24, 2.45) is 0 Å². The highest BCUT2D eigenvalue weighted by atomic mass is 16.6. The molecule has 0 heterocycles. The number of unbranched alkanes of at least 4 members (excludes halogenated alkanes) is 33. The highest BCUT2D eigenvalue weighted by molar-refractivity contribution is 5.71. The van der Waals surface area contributed by atoms with Crippen molar-refractivity contribution in [3.8, 4) is 0 Å². The number of esters is 3. The third-order valence-electron chi connectivity index (χ3n) is 13.5. The molecule has 6 heteroatoms. The minimum absolute atomic E-state index is 0.0942. The van der Waals surface area contributed by atoms with E-state index in [9.17, 15) is 14.4 Å². The second kappa shape index (κ2) is 60.4. The summed E-state index contributed by atoms with van der Waals surface area (Å²) >= 11 is 0. The summed E-state index contributed by atoms with van der Waals surface area (Å²) in [7, 11) is 0. The minimum atomic E-state index is -0.803. The molecule has 72 heavy (non-hydrogen) atoms. The quantitative estimate of drug-likeness (QED) is 0.0261. The van der Waals surface area contributed by atoms with Gasteiger partial charge in [-0.05, 0) is 57.8 Å². The molecule has 0 aliphatic rings. The maximum atomic E-state index is 12.9. The van der Waals surface area contributed by atoms with Gasteiger partial charge in [0, 0.05) is 19.3 Å². The van der Waals surface area contributed by atoms with Crippen LogP contribution >= 0.6 is 0 Å². The number of ether oxygens (including phenoxy) is 3. The van der Waals surface area contributed by atoms with Gasteiger partial charge in [-0.15, -0.1) is 0 Å². The van der Waals surface area contributed by atoms with Crippen LogP contribution in [0.5, 0.6) is 0 Å². The van der Waals surface area contributed by atoms with E-state index in [2.05, 4.69) is 87.6 Å². The van der Waals surface area contributed by atoms with E-state index >= 15 is 0 Å². The summed E-state index contributed by atoms with van der Waals surface area (Å²) in [5, 5.41) is 0. The van der Waals surface area contributed by atoms with Crippen LogP contribution in [0.1, 0.15) is 310 Å². The highest BCUT2D eigenvalue weighted by Crippen LogP contribution is 2.17. The van der Waals surface area contributed by atoms with Crippen molar-refractivity contribution < 1.29 is 28.6 Å². The van der Waals surface area contributed by atoms with E-state index in [1.165, 1.54) is 186 Å². The van der Waals surface area contributed by atoms with Gasteiger partial charge in [0.1, 0.15) is 13.2 Å². The van der Waals surface area contributed by atoms with Crippen LogP contribution in [0.25, 0.3) is 0 Å². The second-order valence-electron chi connectivity index (χ2n) is 20.6. The second-order valence-corrected chi connectivity index (χ2v) is 20.6. The Bertz CT molecular complexity index is 1340. The Hall–Kier alpha value is -3.15. The lowest BCUT2D eigenvalue weighted by Crippen LogP contribution is -2.30. The summed E-state index contributed by atoms with van der Waals surface area (Å²) in [5.74, 6) is -0.965. The Balaban J connectivity index is 4.44. The van der Waals surface area contributed by atoms with Crippen molar-refractivity contribution in [3.05, 3.63) is 72.9 Å². The molecule has 0 aliphatic carbocycles. The summed E-state index contributed by atoms with van der Waals surface area (Å²) in [6.45, 7) is 6.51. The van der Waals surface area contributed by atoms with E-state index in [1.54, 1.807) is 0 Å². The molecule has 0 N–H and O–H groups in total. The predicted octanol–water partition coefficient (Wildman–Crippen LogP) is 20.9. The fourth-order valence-electron chi connectivity index (χ4n) is 8.88. The first kappa shape index (κ1) is 68.8. The van der Waals surface area contributed by atoms with Gasteiger partial charge in [-0.1, -0.05) is 306 Å². The summed E-state index contributed by atoms with van der Waals surface area (Å²) in [6.07, 6.45) is 77.7. The number of carbonyl (C=O) groups is 3. The van der Waals surface area contributed by atoms with Gasteiger partial charge < -0.3 is 14.2 Å². The Morgan fingerprint density at radius 3 is 0.847 bits per heavy atom. The van der Waals surface area contributed by atoms with Gasteiger partial charge in [-0.25, -0.2) is 0 Å². The third kappa shape index (κ3) is 57.7. The first-order chi connectivity index (χ1) is 35.5. The van der Waals surface area contributed by atoms with Crippen LogP contribution in [0.3, 0.4) is 0 Å². The van der Waals surface area contributed by atoms with Crippen molar-refractivity contribution in [1.29, 1.82) is 0 Å². The molecule has 0 saturated heterocycles. The molecule has 1 atom stereocenters. The third-order valence-corrected chi connectivity index (χ3v) is 13.5. The van der Waals surface area contributed by atoms with E-state index in [0.29, 0.717) is 19.3 Å². The Morgan fingerprint density at radius 1 is 0.292 bits per heavy atom. The molecule has 0 aromatic heterocycles. The molecule has 6 nitrogen and oxygen atoms in total. The molecule has 0 saturated carbocycles. The molecule has 0 aromatic rings. The first-order valence-electron chi connectivity index (χ1n) is 30.9. The molecule has 0 amide bonds. The lowest BCUT2D eigenvalue weighted by atomic mass is 10.0. The van der Waals surface area contributed by atoms with Gasteiger partial charge in [0.05, 0.1) is 0 Å². The zero-order chi connectivity index (χ0) is 52.2. The van der Waals surface area contributed by atoms with Crippen LogP contribution in [0.2, 0.25) is 0 Å². The van der Waals surface area contributed by atoms with E-state index in [0.717, 1.165) is 77.0 Å². The summed E-state index contributed by atoms with van der Waals surface area (Å²) in [6, 6.07) is 0. The summed E-state index contributed by atoms with van der Waals surface area (Å²) in [4.78, 5) is 38.2. The van der Waals surface area contributed by atoms with Crippen molar-refractivity contribution in [3.63, 3.8) is 0 Å². The van der Waals surface area contributed by atoms with E-state index in [4.69, 9.17) is 14.2 Å². The largest absolute Gasteiger partial charge is 0.462 e. The topological polar surface area (TPSA) is 78.9 Å². The Morgan fingerprint density at radius 2 is 0.542 bits per heavy atom. The van der Waals surface area contributed by atoms with Crippen molar-refractivity contribution in [1.82, 2.24) is 0 Å². The summed E-state index contributed by atoms with van der Waals surface area (Å²) in [5.41, 5.74) is 0. The van der Waals surface area contributed by atoms with Gasteiger partial charge in [0.2, 0.25) is 0 Å². The molecular weight excluding hydrogens is 889 g/mol. The molecule has 416 valence electrons. The SMILES string of the molecule is CC/C=C\C/C=C\C/C=C\C/C=C\C/C=C\C/C=C\CCC(=O)OC[C@@H](COC(=O)CCCCCCCCCCCCCCCCCC)OC(=O)CCCCCCCCCCCCCCCCCCCCC. The molecular formula is C66H116O6. The molecule has 0 rings (SSSR count).